The van der Waals surface area contributed by atoms with Gasteiger partial charge in [0.05, 0.1) is 18.5 Å². The van der Waals surface area contributed by atoms with Gasteiger partial charge in [-0.05, 0) is 36.4 Å². The summed E-state index contributed by atoms with van der Waals surface area (Å²) in [5.41, 5.74) is 2.01. The minimum Gasteiger partial charge on any atom is -0.497 e. The Kier molecular flexibility index (Phi) is 4.97. The Labute approximate surface area is 180 Å². The van der Waals surface area contributed by atoms with Crippen molar-refractivity contribution in [2.24, 2.45) is 5.92 Å². The molecule has 160 valence electrons. The molecule has 2 aliphatic heterocycles. The van der Waals surface area contributed by atoms with Gasteiger partial charge in [-0.2, -0.15) is 5.10 Å². The highest BCUT2D eigenvalue weighted by Crippen LogP contribution is 2.30. The number of hydrogen-bond acceptors (Lipinski definition) is 5. The van der Waals surface area contributed by atoms with Crippen LogP contribution in [-0.2, 0) is 9.59 Å². The summed E-state index contributed by atoms with van der Waals surface area (Å²) in [6.07, 6.45) is 0.235. The summed E-state index contributed by atoms with van der Waals surface area (Å²) >= 11 is 0. The van der Waals surface area contributed by atoms with E-state index in [9.17, 15) is 9.59 Å². The maximum Gasteiger partial charge on any atom is 0.229 e. The number of aromatic amines is 1. The number of amides is 2. The first kappa shape index (κ1) is 19.4. The zero-order chi connectivity index (χ0) is 21.4. The Bertz CT molecular complexity index is 1100. The number of fused-ring (bicyclic) bond motifs is 1. The highest BCUT2D eigenvalue weighted by atomic mass is 16.5. The van der Waals surface area contributed by atoms with E-state index in [1.807, 2.05) is 53.4 Å². The number of hydrogen-bond donors (Lipinski definition) is 1. The van der Waals surface area contributed by atoms with E-state index in [1.165, 1.54) is 0 Å². The molecule has 0 saturated carbocycles. The molecule has 0 spiro atoms. The molecule has 2 aromatic carbocycles. The molecular weight excluding hydrogens is 394 g/mol. The Morgan fingerprint density at radius 3 is 2.55 bits per heavy atom. The van der Waals surface area contributed by atoms with E-state index in [2.05, 4.69) is 15.1 Å². The first-order valence-electron chi connectivity index (χ1n) is 10.6. The third-order valence-corrected chi connectivity index (χ3v) is 6.21. The molecule has 2 fully saturated rings. The predicted octanol–water partition coefficient (Wildman–Crippen LogP) is 2.27. The highest BCUT2D eigenvalue weighted by molar-refractivity contribution is 6.05. The molecule has 0 bridgehead atoms. The van der Waals surface area contributed by atoms with E-state index in [0.717, 1.165) is 35.4 Å². The summed E-state index contributed by atoms with van der Waals surface area (Å²) < 4.78 is 5.22. The maximum absolute atomic E-state index is 13.1. The van der Waals surface area contributed by atoms with Crippen LogP contribution in [0.15, 0.2) is 48.5 Å². The van der Waals surface area contributed by atoms with Crippen LogP contribution in [0.2, 0.25) is 0 Å². The molecule has 31 heavy (non-hydrogen) atoms. The smallest absolute Gasteiger partial charge is 0.229 e. The van der Waals surface area contributed by atoms with Gasteiger partial charge in [0.2, 0.25) is 11.8 Å². The van der Waals surface area contributed by atoms with E-state index in [-0.39, 0.29) is 24.2 Å². The lowest BCUT2D eigenvalue weighted by molar-refractivity contribution is -0.136. The van der Waals surface area contributed by atoms with Gasteiger partial charge in [0.25, 0.3) is 0 Å². The monoisotopic (exact) mass is 419 g/mol. The van der Waals surface area contributed by atoms with Crippen molar-refractivity contribution >= 4 is 34.2 Å². The molecule has 2 amide bonds. The van der Waals surface area contributed by atoms with Crippen LogP contribution in [0, 0.1) is 5.92 Å². The summed E-state index contributed by atoms with van der Waals surface area (Å²) in [6, 6.07) is 15.7. The molecule has 2 saturated heterocycles. The number of methoxy groups -OCH3 is 1. The molecule has 8 heteroatoms. The number of benzene rings is 2. The molecule has 0 aliphatic carbocycles. The first-order chi connectivity index (χ1) is 15.1. The van der Waals surface area contributed by atoms with Gasteiger partial charge < -0.3 is 14.5 Å². The number of carbonyl (C=O) groups excluding carboxylic acids is 2. The minimum absolute atomic E-state index is 0.0486. The number of anilines is 2. The number of ether oxygens (including phenoxy) is 1. The Morgan fingerprint density at radius 2 is 1.81 bits per heavy atom. The SMILES string of the molecule is COc1ccc(N2CCN(C(=O)[C@H]3CC(=O)N(c4n[nH]c5ccccc45)C3)CC2)cc1. The number of H-pyrrole nitrogens is 1. The van der Waals surface area contributed by atoms with Gasteiger partial charge >= 0.3 is 0 Å². The average molecular weight is 419 g/mol. The van der Waals surface area contributed by atoms with E-state index >= 15 is 0 Å². The van der Waals surface area contributed by atoms with Crippen LogP contribution >= 0.6 is 0 Å². The zero-order valence-corrected chi connectivity index (χ0v) is 17.5. The van der Waals surface area contributed by atoms with Gasteiger partial charge in [0.1, 0.15) is 5.75 Å². The highest BCUT2D eigenvalue weighted by Gasteiger charge is 2.39. The van der Waals surface area contributed by atoms with Crippen LogP contribution in [0.1, 0.15) is 6.42 Å². The van der Waals surface area contributed by atoms with Gasteiger partial charge in [-0.3, -0.25) is 19.6 Å². The van der Waals surface area contributed by atoms with Gasteiger partial charge in [-0.15, -0.1) is 0 Å². The Balaban J connectivity index is 1.22. The van der Waals surface area contributed by atoms with Gasteiger partial charge in [-0.1, -0.05) is 12.1 Å². The predicted molar refractivity (Wildman–Crippen MR) is 118 cm³/mol. The quantitative estimate of drug-likeness (QED) is 0.702. The number of aromatic nitrogens is 2. The summed E-state index contributed by atoms with van der Waals surface area (Å²) in [6.45, 7) is 3.23. The van der Waals surface area contributed by atoms with Gasteiger partial charge in [0, 0.05) is 50.2 Å². The van der Waals surface area contributed by atoms with Crippen molar-refractivity contribution in [2.75, 3.05) is 49.6 Å². The molecule has 0 radical (unpaired) electrons. The average Bonchev–Trinajstić information content (AvgIpc) is 3.42. The number of para-hydroxylation sites is 1. The second-order valence-corrected chi connectivity index (χ2v) is 8.01. The number of nitrogens with zero attached hydrogens (tertiary/aromatic N) is 4. The van der Waals surface area contributed by atoms with Crippen molar-refractivity contribution in [3.63, 3.8) is 0 Å². The number of carbonyl (C=O) groups is 2. The fourth-order valence-corrected chi connectivity index (χ4v) is 4.47. The van der Waals surface area contributed by atoms with Crippen molar-refractivity contribution in [1.29, 1.82) is 0 Å². The standard InChI is InChI=1S/C23H25N5O3/c1-31-18-8-6-17(7-9-18)26-10-12-27(13-11-26)23(30)16-14-21(29)28(15-16)22-19-4-2-3-5-20(19)24-25-22/h2-9,16H,10-15H2,1H3,(H,24,25)/t16-/m0/s1. The molecule has 3 aromatic rings. The van der Waals surface area contributed by atoms with Crippen LogP contribution in [0.4, 0.5) is 11.5 Å². The van der Waals surface area contributed by atoms with E-state index in [0.29, 0.717) is 25.5 Å². The fourth-order valence-electron chi connectivity index (χ4n) is 4.47. The van der Waals surface area contributed by atoms with Crippen LogP contribution in [0.25, 0.3) is 10.9 Å². The number of piperazine rings is 1. The lowest BCUT2D eigenvalue weighted by Gasteiger charge is -2.37. The molecule has 1 atom stereocenters. The van der Waals surface area contributed by atoms with Crippen molar-refractivity contribution in [2.45, 2.75) is 6.42 Å². The topological polar surface area (TPSA) is 81.8 Å². The molecule has 3 heterocycles. The molecule has 1 aromatic heterocycles. The molecule has 8 nitrogen and oxygen atoms in total. The second kappa shape index (κ2) is 7.94. The molecular formula is C23H25N5O3. The van der Waals surface area contributed by atoms with Gasteiger partial charge in [-0.25, -0.2) is 0 Å². The van der Waals surface area contributed by atoms with Crippen molar-refractivity contribution in [1.82, 2.24) is 15.1 Å². The minimum atomic E-state index is -0.324. The van der Waals surface area contributed by atoms with Gasteiger partial charge in [0.15, 0.2) is 5.82 Å². The van der Waals surface area contributed by atoms with Crippen molar-refractivity contribution < 1.29 is 14.3 Å². The Morgan fingerprint density at radius 1 is 1.06 bits per heavy atom. The van der Waals surface area contributed by atoms with Crippen LogP contribution < -0.4 is 14.5 Å². The first-order valence-corrected chi connectivity index (χ1v) is 10.6. The molecule has 0 unspecified atom stereocenters. The summed E-state index contributed by atoms with van der Waals surface area (Å²) in [5.74, 6) is 1.13. The summed E-state index contributed by atoms with van der Waals surface area (Å²) in [7, 11) is 1.66. The fraction of sp³-hybridized carbons (Fsp3) is 0.348. The number of rotatable bonds is 4. The van der Waals surface area contributed by atoms with Crippen LogP contribution in [0.5, 0.6) is 5.75 Å². The molecule has 2 aliphatic rings. The third-order valence-electron chi connectivity index (χ3n) is 6.21. The summed E-state index contributed by atoms with van der Waals surface area (Å²) in [4.78, 5) is 31.6. The summed E-state index contributed by atoms with van der Waals surface area (Å²) in [5, 5.41) is 8.20. The number of nitrogens with one attached hydrogen (secondary N) is 1. The third kappa shape index (κ3) is 3.58. The maximum atomic E-state index is 13.1. The van der Waals surface area contributed by atoms with E-state index in [4.69, 9.17) is 4.74 Å². The van der Waals surface area contributed by atoms with Crippen molar-refractivity contribution in [3.8, 4) is 5.75 Å². The Hall–Kier alpha value is -3.55. The van der Waals surface area contributed by atoms with Crippen molar-refractivity contribution in [3.05, 3.63) is 48.5 Å². The van der Waals surface area contributed by atoms with E-state index in [1.54, 1.807) is 12.0 Å². The molecule has 5 rings (SSSR count). The van der Waals surface area contributed by atoms with Crippen LogP contribution in [-0.4, -0.2) is 66.7 Å². The van der Waals surface area contributed by atoms with E-state index < -0.39 is 0 Å². The second-order valence-electron chi connectivity index (χ2n) is 8.01. The largest absolute Gasteiger partial charge is 0.497 e. The normalized spacial score (nSPS) is 19.3. The lowest BCUT2D eigenvalue weighted by atomic mass is 10.1. The zero-order valence-electron chi connectivity index (χ0n) is 17.5. The molecule has 1 N–H and O–H groups in total. The van der Waals surface area contributed by atoms with Crippen LogP contribution in [0.3, 0.4) is 0 Å². The lowest BCUT2D eigenvalue weighted by Crippen LogP contribution is -2.50.